The number of imidazole rings is 1. The highest BCUT2D eigenvalue weighted by Gasteiger charge is 2.15. The zero-order valence-electron chi connectivity index (χ0n) is 14.8. The average molecular weight is 391 g/mol. The standard InChI is InChI=1S/C19H22N4OS.ClH/c1-22-16-8-7-14(20-19(24)17-6-5-11-25-17)12-15(16)21-18(22)13-23-9-3-2-4-10-23;/h5-8,11-12H,2-4,9-10,13H2,1H3,(H,20,24);1H. The molecule has 138 valence electrons. The van der Waals surface area contributed by atoms with Crippen LogP contribution in [0.4, 0.5) is 5.69 Å². The number of piperidine rings is 1. The summed E-state index contributed by atoms with van der Waals surface area (Å²) in [7, 11) is 2.07. The number of benzene rings is 1. The Bertz CT molecular complexity index is 884. The van der Waals surface area contributed by atoms with Gasteiger partial charge in [-0.2, -0.15) is 0 Å². The van der Waals surface area contributed by atoms with Crippen LogP contribution in [0.5, 0.6) is 0 Å². The fourth-order valence-electron chi connectivity index (χ4n) is 3.39. The molecule has 4 rings (SSSR count). The van der Waals surface area contributed by atoms with E-state index in [9.17, 15) is 4.79 Å². The quantitative estimate of drug-likeness (QED) is 0.722. The molecule has 0 aliphatic carbocycles. The van der Waals surface area contributed by atoms with Crippen LogP contribution < -0.4 is 5.32 Å². The van der Waals surface area contributed by atoms with Crippen molar-refractivity contribution in [3.05, 3.63) is 46.4 Å². The molecule has 0 bridgehead atoms. The van der Waals surface area contributed by atoms with E-state index in [-0.39, 0.29) is 18.3 Å². The summed E-state index contributed by atoms with van der Waals surface area (Å²) in [6, 6.07) is 9.65. The summed E-state index contributed by atoms with van der Waals surface area (Å²) in [6.07, 6.45) is 3.90. The van der Waals surface area contributed by atoms with Crippen LogP contribution in [-0.2, 0) is 13.6 Å². The second-order valence-corrected chi connectivity index (χ2v) is 7.51. The molecule has 1 fully saturated rings. The van der Waals surface area contributed by atoms with Gasteiger partial charge in [0, 0.05) is 12.7 Å². The fraction of sp³-hybridized carbons (Fsp3) is 0.368. The number of carbonyl (C=O) groups is 1. The predicted molar refractivity (Wildman–Crippen MR) is 109 cm³/mol. The highest BCUT2D eigenvalue weighted by molar-refractivity contribution is 7.12. The molecule has 1 saturated heterocycles. The molecular weight excluding hydrogens is 368 g/mol. The van der Waals surface area contributed by atoms with Gasteiger partial charge in [0.05, 0.1) is 22.5 Å². The summed E-state index contributed by atoms with van der Waals surface area (Å²) in [6.45, 7) is 3.21. The summed E-state index contributed by atoms with van der Waals surface area (Å²) in [5.41, 5.74) is 2.81. The van der Waals surface area contributed by atoms with Crippen molar-refractivity contribution in [1.29, 1.82) is 0 Å². The number of aromatic nitrogens is 2. The van der Waals surface area contributed by atoms with Gasteiger partial charge >= 0.3 is 0 Å². The maximum absolute atomic E-state index is 12.2. The average Bonchev–Trinajstić information content (AvgIpc) is 3.25. The lowest BCUT2D eigenvalue weighted by molar-refractivity contribution is 0.103. The number of anilines is 1. The minimum Gasteiger partial charge on any atom is -0.330 e. The Morgan fingerprint density at radius 3 is 2.77 bits per heavy atom. The predicted octanol–water partition coefficient (Wildman–Crippen LogP) is 4.29. The van der Waals surface area contributed by atoms with E-state index >= 15 is 0 Å². The van der Waals surface area contributed by atoms with Crippen molar-refractivity contribution in [2.24, 2.45) is 7.05 Å². The number of aryl methyl sites for hydroxylation is 1. The van der Waals surface area contributed by atoms with Crippen molar-refractivity contribution in [2.75, 3.05) is 18.4 Å². The Hall–Kier alpha value is -1.89. The van der Waals surface area contributed by atoms with Gasteiger partial charge in [0.25, 0.3) is 5.91 Å². The van der Waals surface area contributed by atoms with E-state index in [4.69, 9.17) is 4.98 Å². The van der Waals surface area contributed by atoms with E-state index in [0.29, 0.717) is 4.88 Å². The molecule has 3 heterocycles. The highest BCUT2D eigenvalue weighted by Crippen LogP contribution is 2.22. The summed E-state index contributed by atoms with van der Waals surface area (Å²) in [5, 5.41) is 4.86. The van der Waals surface area contributed by atoms with Gasteiger partial charge in [0.2, 0.25) is 0 Å². The number of nitrogens with zero attached hydrogens (tertiary/aromatic N) is 3. The number of hydrogen-bond acceptors (Lipinski definition) is 4. The number of amides is 1. The fourth-order valence-corrected chi connectivity index (χ4v) is 4.01. The number of halogens is 1. The largest absolute Gasteiger partial charge is 0.330 e. The maximum Gasteiger partial charge on any atom is 0.265 e. The van der Waals surface area contributed by atoms with E-state index in [1.54, 1.807) is 0 Å². The van der Waals surface area contributed by atoms with Crippen LogP contribution in [0.3, 0.4) is 0 Å². The van der Waals surface area contributed by atoms with Gasteiger partial charge in [-0.15, -0.1) is 23.7 Å². The normalized spacial score (nSPS) is 15.0. The third-order valence-electron chi connectivity index (χ3n) is 4.79. The van der Waals surface area contributed by atoms with Crippen LogP contribution in [0.15, 0.2) is 35.7 Å². The van der Waals surface area contributed by atoms with Crippen molar-refractivity contribution in [3.8, 4) is 0 Å². The monoisotopic (exact) mass is 390 g/mol. The van der Waals surface area contributed by atoms with Gasteiger partial charge in [-0.05, 0) is 55.6 Å². The summed E-state index contributed by atoms with van der Waals surface area (Å²) in [4.78, 5) is 20.2. The van der Waals surface area contributed by atoms with Gasteiger partial charge in [-0.1, -0.05) is 12.5 Å². The zero-order chi connectivity index (χ0) is 17.2. The number of nitrogens with one attached hydrogen (secondary N) is 1. The Morgan fingerprint density at radius 2 is 2.04 bits per heavy atom. The molecule has 1 aliphatic heterocycles. The number of rotatable bonds is 4. The maximum atomic E-state index is 12.2. The van der Waals surface area contributed by atoms with Crippen LogP contribution in [0.25, 0.3) is 11.0 Å². The van der Waals surface area contributed by atoms with Crippen molar-refractivity contribution in [1.82, 2.24) is 14.5 Å². The molecule has 0 radical (unpaired) electrons. The first-order valence-electron chi connectivity index (χ1n) is 8.73. The molecular formula is C19H23ClN4OS. The van der Waals surface area contributed by atoms with Crippen LogP contribution in [0, 0.1) is 0 Å². The number of carbonyl (C=O) groups excluding carboxylic acids is 1. The Labute approximate surface area is 163 Å². The summed E-state index contributed by atoms with van der Waals surface area (Å²) in [5.74, 6) is 1.01. The number of hydrogen-bond donors (Lipinski definition) is 1. The van der Waals surface area contributed by atoms with Crippen LogP contribution in [0.2, 0.25) is 0 Å². The molecule has 3 aromatic rings. The highest BCUT2D eigenvalue weighted by atomic mass is 35.5. The third kappa shape index (κ3) is 3.92. The van der Waals surface area contributed by atoms with Crippen molar-refractivity contribution in [2.45, 2.75) is 25.8 Å². The first kappa shape index (κ1) is 18.9. The minimum atomic E-state index is -0.0705. The molecule has 0 saturated carbocycles. The SMILES string of the molecule is Cl.Cn1c(CN2CCCCC2)nc2cc(NC(=O)c3cccs3)ccc21. The molecule has 5 nitrogen and oxygen atoms in total. The van der Waals surface area contributed by atoms with E-state index in [0.717, 1.165) is 42.2 Å². The summed E-state index contributed by atoms with van der Waals surface area (Å²) < 4.78 is 2.16. The van der Waals surface area contributed by atoms with Crippen LogP contribution >= 0.6 is 23.7 Å². The van der Waals surface area contributed by atoms with Crippen molar-refractivity contribution >= 4 is 46.4 Å². The first-order chi connectivity index (χ1) is 12.2. The molecule has 0 spiro atoms. The molecule has 0 atom stereocenters. The molecule has 26 heavy (non-hydrogen) atoms. The number of fused-ring (bicyclic) bond motifs is 1. The molecule has 2 aromatic heterocycles. The topological polar surface area (TPSA) is 50.2 Å². The van der Waals surface area contributed by atoms with Gasteiger partial charge < -0.3 is 9.88 Å². The Morgan fingerprint density at radius 1 is 1.23 bits per heavy atom. The Kier molecular flexibility index (Phi) is 5.96. The minimum absolute atomic E-state index is 0. The molecule has 1 aliphatic rings. The van der Waals surface area contributed by atoms with E-state index in [2.05, 4.69) is 21.8 Å². The lowest BCUT2D eigenvalue weighted by Crippen LogP contribution is -2.30. The number of thiophene rings is 1. The van der Waals surface area contributed by atoms with E-state index in [1.165, 1.54) is 30.6 Å². The van der Waals surface area contributed by atoms with Gasteiger partial charge in [0.1, 0.15) is 5.82 Å². The molecule has 1 aromatic carbocycles. The third-order valence-corrected chi connectivity index (χ3v) is 5.66. The molecule has 7 heteroatoms. The lowest BCUT2D eigenvalue weighted by atomic mass is 10.1. The number of likely N-dealkylation sites (tertiary alicyclic amines) is 1. The van der Waals surface area contributed by atoms with Crippen molar-refractivity contribution < 1.29 is 4.79 Å². The van der Waals surface area contributed by atoms with Gasteiger partial charge in [-0.25, -0.2) is 4.98 Å². The second-order valence-electron chi connectivity index (χ2n) is 6.56. The second kappa shape index (κ2) is 8.20. The van der Waals surface area contributed by atoms with Gasteiger partial charge in [0.15, 0.2) is 0 Å². The van der Waals surface area contributed by atoms with Crippen LogP contribution in [-0.4, -0.2) is 33.4 Å². The Balaban J connectivity index is 0.00000196. The molecule has 0 unspecified atom stereocenters. The summed E-state index contributed by atoms with van der Waals surface area (Å²) >= 11 is 1.44. The zero-order valence-corrected chi connectivity index (χ0v) is 16.4. The van der Waals surface area contributed by atoms with Crippen molar-refractivity contribution in [3.63, 3.8) is 0 Å². The smallest absolute Gasteiger partial charge is 0.265 e. The first-order valence-corrected chi connectivity index (χ1v) is 9.61. The van der Waals surface area contributed by atoms with E-state index in [1.807, 2.05) is 35.7 Å². The van der Waals surface area contributed by atoms with E-state index < -0.39 is 0 Å². The lowest BCUT2D eigenvalue weighted by Gasteiger charge is -2.25. The molecule has 1 N–H and O–H groups in total. The molecule has 1 amide bonds. The van der Waals surface area contributed by atoms with Gasteiger partial charge in [-0.3, -0.25) is 9.69 Å². The van der Waals surface area contributed by atoms with Crippen LogP contribution in [0.1, 0.15) is 34.8 Å².